The fraction of sp³-hybridized carbons (Fsp3) is 0.182. The summed E-state index contributed by atoms with van der Waals surface area (Å²) >= 11 is 0. The molecule has 0 aliphatic carbocycles. The number of hydrogen-bond donors (Lipinski definition) is 1. The van der Waals surface area contributed by atoms with Crippen molar-refractivity contribution >= 4 is 10.0 Å². The first-order valence-corrected chi connectivity index (χ1v) is 10.8. The zero-order valence-electron chi connectivity index (χ0n) is 16.3. The second kappa shape index (κ2) is 8.95. The molecule has 32 heavy (non-hydrogen) atoms. The van der Waals surface area contributed by atoms with E-state index >= 15 is 0 Å². The summed E-state index contributed by atoms with van der Waals surface area (Å²) in [5.74, 6) is 0. The van der Waals surface area contributed by atoms with Gasteiger partial charge in [0.05, 0.1) is 22.1 Å². The van der Waals surface area contributed by atoms with E-state index in [1.54, 1.807) is 60.7 Å². The summed E-state index contributed by atoms with van der Waals surface area (Å²) in [6.07, 6.45) is -10.2. The molecule has 0 saturated carbocycles. The Bertz CT molecular complexity index is 1130. The maximum Gasteiger partial charge on any atom is 0.416 e. The van der Waals surface area contributed by atoms with Gasteiger partial charge in [0.25, 0.3) is 0 Å². The summed E-state index contributed by atoms with van der Waals surface area (Å²) in [4.78, 5) is -1.12. The Labute approximate surface area is 180 Å². The van der Waals surface area contributed by atoms with E-state index in [2.05, 4.69) is 4.72 Å². The van der Waals surface area contributed by atoms with Gasteiger partial charge in [-0.05, 0) is 35.7 Å². The van der Waals surface area contributed by atoms with E-state index in [0.29, 0.717) is 5.56 Å². The zero-order valence-corrected chi connectivity index (χ0v) is 17.1. The fourth-order valence-corrected chi connectivity index (χ4v) is 4.39. The summed E-state index contributed by atoms with van der Waals surface area (Å²) in [5, 5.41) is 0. The predicted octanol–water partition coefficient (Wildman–Crippen LogP) is 5.99. The van der Waals surface area contributed by atoms with Crippen LogP contribution in [0.25, 0.3) is 0 Å². The van der Waals surface area contributed by atoms with Crippen molar-refractivity contribution in [2.45, 2.75) is 29.7 Å². The molecular weight excluding hydrogens is 456 g/mol. The molecule has 3 aromatic rings. The first-order chi connectivity index (χ1) is 14.9. The second-order valence-electron chi connectivity index (χ2n) is 7.02. The third kappa shape index (κ3) is 5.89. The van der Waals surface area contributed by atoms with Crippen LogP contribution in [0.15, 0.2) is 83.8 Å². The number of sulfonamides is 1. The van der Waals surface area contributed by atoms with Crippen LogP contribution < -0.4 is 4.72 Å². The Kier molecular flexibility index (Phi) is 6.66. The Hall–Kier alpha value is -2.85. The largest absolute Gasteiger partial charge is 0.416 e. The third-order valence-corrected chi connectivity index (χ3v) is 6.10. The van der Waals surface area contributed by atoms with Gasteiger partial charge in [0.1, 0.15) is 0 Å². The maximum atomic E-state index is 13.2. The molecule has 0 aromatic heterocycles. The van der Waals surface area contributed by atoms with Crippen molar-refractivity contribution in [3.63, 3.8) is 0 Å². The number of nitrogens with one attached hydrogen (secondary N) is 1. The van der Waals surface area contributed by atoms with Crippen LogP contribution >= 0.6 is 0 Å². The van der Waals surface area contributed by atoms with Crippen LogP contribution in [-0.4, -0.2) is 8.42 Å². The quantitative estimate of drug-likeness (QED) is 0.448. The minimum Gasteiger partial charge on any atom is -0.207 e. The molecule has 0 spiro atoms. The van der Waals surface area contributed by atoms with E-state index in [1.807, 2.05) is 0 Å². The van der Waals surface area contributed by atoms with E-state index in [9.17, 15) is 34.8 Å². The molecule has 0 saturated heterocycles. The molecule has 0 aliphatic heterocycles. The number of hydrogen-bond acceptors (Lipinski definition) is 2. The van der Waals surface area contributed by atoms with Crippen molar-refractivity contribution in [1.29, 1.82) is 0 Å². The molecule has 3 rings (SSSR count). The highest BCUT2D eigenvalue weighted by molar-refractivity contribution is 7.89. The van der Waals surface area contributed by atoms with Crippen molar-refractivity contribution < 1.29 is 34.8 Å². The lowest BCUT2D eigenvalue weighted by atomic mass is 10.00. The van der Waals surface area contributed by atoms with Gasteiger partial charge in [0.2, 0.25) is 10.0 Å². The van der Waals surface area contributed by atoms with E-state index in [1.165, 1.54) is 0 Å². The normalized spacial score (nSPS) is 13.7. The van der Waals surface area contributed by atoms with Crippen molar-refractivity contribution in [2.75, 3.05) is 0 Å². The van der Waals surface area contributed by atoms with Gasteiger partial charge >= 0.3 is 12.4 Å². The molecule has 0 heterocycles. The van der Waals surface area contributed by atoms with Gasteiger partial charge in [0, 0.05) is 0 Å². The van der Waals surface area contributed by atoms with Crippen LogP contribution in [0.2, 0.25) is 0 Å². The third-order valence-electron chi connectivity index (χ3n) is 4.65. The minimum absolute atomic E-state index is 0.113. The monoisotopic (exact) mass is 473 g/mol. The van der Waals surface area contributed by atoms with Gasteiger partial charge in [-0.25, -0.2) is 13.1 Å². The topological polar surface area (TPSA) is 46.2 Å². The Balaban J connectivity index is 2.05. The average molecular weight is 473 g/mol. The van der Waals surface area contributed by atoms with E-state index in [-0.39, 0.29) is 24.6 Å². The van der Waals surface area contributed by atoms with Crippen molar-refractivity contribution in [3.8, 4) is 0 Å². The van der Waals surface area contributed by atoms with Crippen LogP contribution in [0.5, 0.6) is 0 Å². The highest BCUT2D eigenvalue weighted by Gasteiger charge is 2.38. The van der Waals surface area contributed by atoms with Crippen LogP contribution in [0.4, 0.5) is 26.3 Å². The molecular formula is C22H17F6NO2S. The smallest absolute Gasteiger partial charge is 0.207 e. The van der Waals surface area contributed by atoms with Gasteiger partial charge in [-0.2, -0.15) is 26.3 Å². The predicted molar refractivity (Wildman–Crippen MR) is 106 cm³/mol. The highest BCUT2D eigenvalue weighted by atomic mass is 32.2. The molecule has 1 atom stereocenters. The molecule has 0 fully saturated rings. The van der Waals surface area contributed by atoms with E-state index < -0.39 is 44.4 Å². The molecule has 1 unspecified atom stereocenters. The number of halogens is 6. The lowest BCUT2D eigenvalue weighted by Gasteiger charge is -2.21. The lowest BCUT2D eigenvalue weighted by molar-refractivity contribution is -0.143. The molecule has 0 bridgehead atoms. The summed E-state index contributed by atoms with van der Waals surface area (Å²) in [5.41, 5.74) is -2.17. The SMILES string of the molecule is O=S(=O)(NC(Cc1ccccc1)c1ccccc1)c1cc(C(F)(F)F)cc(C(F)(F)F)c1. The van der Waals surface area contributed by atoms with Crippen LogP contribution in [0.3, 0.4) is 0 Å². The van der Waals surface area contributed by atoms with E-state index in [4.69, 9.17) is 0 Å². The van der Waals surface area contributed by atoms with Crippen LogP contribution in [0.1, 0.15) is 28.3 Å². The first-order valence-electron chi connectivity index (χ1n) is 9.27. The van der Waals surface area contributed by atoms with Crippen LogP contribution in [-0.2, 0) is 28.8 Å². The zero-order chi connectivity index (χ0) is 23.6. The molecule has 3 aromatic carbocycles. The molecule has 0 amide bonds. The van der Waals surface area contributed by atoms with Crippen LogP contribution in [0, 0.1) is 0 Å². The number of rotatable bonds is 6. The summed E-state index contributed by atoms with van der Waals surface area (Å²) in [6, 6.07) is 16.3. The summed E-state index contributed by atoms with van der Waals surface area (Å²) in [7, 11) is -4.74. The van der Waals surface area contributed by atoms with Crippen molar-refractivity contribution in [1.82, 2.24) is 4.72 Å². The maximum absolute atomic E-state index is 13.2. The lowest BCUT2D eigenvalue weighted by Crippen LogP contribution is -2.30. The summed E-state index contributed by atoms with van der Waals surface area (Å²) < 4.78 is 107. The molecule has 10 heteroatoms. The Morgan fingerprint density at radius 3 is 1.66 bits per heavy atom. The molecule has 3 nitrogen and oxygen atoms in total. The Morgan fingerprint density at radius 2 is 1.19 bits per heavy atom. The van der Waals surface area contributed by atoms with Gasteiger partial charge in [-0.1, -0.05) is 60.7 Å². The van der Waals surface area contributed by atoms with E-state index in [0.717, 1.165) is 5.56 Å². The second-order valence-corrected chi connectivity index (χ2v) is 8.73. The average Bonchev–Trinajstić information content (AvgIpc) is 2.73. The Morgan fingerprint density at radius 1 is 0.719 bits per heavy atom. The van der Waals surface area contributed by atoms with Crippen molar-refractivity contribution in [3.05, 3.63) is 101 Å². The minimum atomic E-state index is -5.16. The summed E-state index contributed by atoms with van der Waals surface area (Å²) in [6.45, 7) is 0. The molecule has 0 radical (unpaired) electrons. The molecule has 1 N–H and O–H groups in total. The fourth-order valence-electron chi connectivity index (χ4n) is 3.10. The van der Waals surface area contributed by atoms with Crippen molar-refractivity contribution in [2.24, 2.45) is 0 Å². The molecule has 170 valence electrons. The van der Waals surface area contributed by atoms with Gasteiger partial charge in [-0.15, -0.1) is 0 Å². The first kappa shape index (κ1) is 23.8. The van der Waals surface area contributed by atoms with Gasteiger partial charge in [0.15, 0.2) is 0 Å². The van der Waals surface area contributed by atoms with Gasteiger partial charge in [-0.3, -0.25) is 0 Å². The number of benzene rings is 3. The highest BCUT2D eigenvalue weighted by Crippen LogP contribution is 2.37. The van der Waals surface area contributed by atoms with Gasteiger partial charge < -0.3 is 0 Å². The number of alkyl halides is 6. The standard InChI is InChI=1S/C22H17F6NO2S/c23-21(24,25)17-12-18(22(26,27)28)14-19(13-17)32(30,31)29-20(16-9-5-2-6-10-16)11-15-7-3-1-4-8-15/h1-10,12-14,20,29H,11H2. The molecule has 0 aliphatic rings.